The van der Waals surface area contributed by atoms with Crippen molar-refractivity contribution in [3.63, 3.8) is 0 Å². The van der Waals surface area contributed by atoms with Crippen LogP contribution in [0.4, 0.5) is 0 Å². The minimum Gasteiger partial charge on any atom is -0.390 e. The summed E-state index contributed by atoms with van der Waals surface area (Å²) in [4.78, 5) is 0. The molecule has 0 radical (unpaired) electrons. The Hall–Kier alpha value is -0.480. The van der Waals surface area contributed by atoms with Crippen molar-refractivity contribution in [2.24, 2.45) is 23.7 Å². The van der Waals surface area contributed by atoms with Crippen LogP contribution in [0.25, 0.3) is 0 Å². The normalized spacial score (nSPS) is 73.4. The average molecular weight is 600 g/mol. The summed E-state index contributed by atoms with van der Waals surface area (Å²) in [6.45, 7) is -11.5. The summed E-state index contributed by atoms with van der Waals surface area (Å²) in [5.41, 5.74) is -4.90. The highest BCUT2D eigenvalue weighted by molar-refractivity contribution is 4.94. The lowest BCUT2D eigenvalue weighted by atomic mass is 9.91. The van der Waals surface area contributed by atoms with Crippen molar-refractivity contribution in [3.8, 4) is 0 Å². The lowest BCUT2D eigenvalue weighted by molar-refractivity contribution is -0.0913. The van der Waals surface area contributed by atoms with Crippen LogP contribution in [0.3, 0.4) is 0 Å². The zero-order valence-corrected chi connectivity index (χ0v) is 21.1. The van der Waals surface area contributed by atoms with Crippen molar-refractivity contribution in [3.05, 3.63) is 0 Å². The van der Waals surface area contributed by atoms with Crippen molar-refractivity contribution < 1.29 is 87.1 Å². The molecule has 12 atom stereocenters. The largest absolute Gasteiger partial charge is 0.390 e. The van der Waals surface area contributed by atoms with Crippen LogP contribution in [-0.4, -0.2) is 121 Å². The van der Waals surface area contributed by atoms with E-state index in [2.05, 4.69) is 9.47 Å². The van der Waals surface area contributed by atoms with Crippen molar-refractivity contribution in [1.29, 1.82) is 0 Å². The summed E-state index contributed by atoms with van der Waals surface area (Å²) in [5.74, 6) is -5.12. The van der Waals surface area contributed by atoms with E-state index in [1.54, 1.807) is 0 Å². The fourth-order valence-corrected chi connectivity index (χ4v) is 4.22. The first-order valence-corrected chi connectivity index (χ1v) is 11.9. The Morgan fingerprint density at radius 1 is 0.600 bits per heavy atom. The smallest absolute Gasteiger partial charge is 0.163 e. The van der Waals surface area contributed by atoms with Gasteiger partial charge in [-0.3, -0.25) is 0 Å². The topological polar surface area (TPSA) is 155 Å². The van der Waals surface area contributed by atoms with Crippen LogP contribution in [0.2, 0.25) is 0 Å². The molecule has 0 saturated carbocycles. The van der Waals surface area contributed by atoms with E-state index >= 15 is 0 Å². The molecule has 8 aliphatic rings. The summed E-state index contributed by atoms with van der Waals surface area (Å²) in [7, 11) is 0. The molecule has 12 nitrogen and oxygen atoms in total. The number of ether oxygens (including phenoxy) is 8. The molecule has 4 N–H and O–H groups in total. The Labute approximate surface area is 266 Å². The molecule has 0 spiro atoms. The molecule has 8 aliphatic heterocycles. The molecule has 8 saturated heterocycles. The van der Waals surface area contributed by atoms with Crippen molar-refractivity contribution in [2.45, 2.75) is 102 Å². The Morgan fingerprint density at radius 3 is 1.48 bits per heavy atom. The maximum Gasteiger partial charge on any atom is 0.163 e. The van der Waals surface area contributed by atoms with E-state index in [1.807, 2.05) is 0 Å². The van der Waals surface area contributed by atoms with E-state index in [9.17, 15) is 20.4 Å². The number of hydrogen-bond acceptors (Lipinski definition) is 12. The van der Waals surface area contributed by atoms with E-state index in [0.717, 1.165) is 6.92 Å². The predicted octanol–water partition coefficient (Wildman–Crippen LogP) is 0.767. The Bertz CT molecular complexity index is 1480. The fourth-order valence-electron chi connectivity index (χ4n) is 4.22. The number of aliphatic hydroxyl groups is 4. The van der Waals surface area contributed by atoms with Crippen molar-refractivity contribution in [1.82, 2.24) is 0 Å². The van der Waals surface area contributed by atoms with E-state index in [1.165, 1.54) is 13.8 Å². The molecule has 0 unspecified atom stereocenters. The van der Waals surface area contributed by atoms with E-state index in [4.69, 9.17) is 57.2 Å². The molecule has 8 rings (SSSR count). The van der Waals surface area contributed by atoms with Gasteiger partial charge in [-0.15, -0.1) is 0 Å². The lowest BCUT2D eigenvalue weighted by Crippen LogP contribution is -2.33. The Morgan fingerprint density at radius 2 is 1.02 bits per heavy atom. The third kappa shape index (κ3) is 7.00. The van der Waals surface area contributed by atoms with Gasteiger partial charge in [-0.05, 0) is 46.3 Å². The SMILES string of the molecule is C.[2H]C1([2H])O[C@@H]2OC([2H])([2H])[C@](C)(O)[C@@H]2C1([2H])[2H].[2H]C1([2H])O[C@@H]2OC([2H])([2H])[C@]([2H])(O)[C@@H]2C1([2H])[2H].[2H]C1([2H])O[C@@H]2OC[C@](C)(O)[C@@H]2C1([2H])[2H].[2H]C1([2H])O[C@@H]2OC[C@](C)(O)[C@@H]2C1([2H])[2H]. The Kier molecular flexibility index (Phi) is 4.73. The second kappa shape index (κ2) is 13.0. The van der Waals surface area contributed by atoms with Crippen LogP contribution in [0.1, 0.15) is 82.5 Å². The maximum absolute atomic E-state index is 9.97. The second-order valence-electron chi connectivity index (χ2n) is 10.2. The maximum atomic E-state index is 9.97. The third-order valence-corrected chi connectivity index (χ3v) is 6.63. The minimum atomic E-state index is -2.90. The highest BCUT2D eigenvalue weighted by Gasteiger charge is 2.50. The van der Waals surface area contributed by atoms with Gasteiger partial charge in [-0.1, -0.05) is 7.43 Å². The predicted molar refractivity (Wildman–Crippen MR) is 140 cm³/mol. The molecule has 0 bridgehead atoms. The van der Waals surface area contributed by atoms with Gasteiger partial charge >= 0.3 is 0 Å². The lowest BCUT2D eigenvalue weighted by Gasteiger charge is -2.19. The quantitative estimate of drug-likeness (QED) is 0.311. The van der Waals surface area contributed by atoms with Gasteiger partial charge in [0.05, 0.1) is 93.3 Å². The molecule has 8 heterocycles. The molecule has 12 heteroatoms. The van der Waals surface area contributed by atoms with Gasteiger partial charge in [0, 0.05) is 34.6 Å². The van der Waals surface area contributed by atoms with Gasteiger partial charge in [0.1, 0.15) is 0 Å². The summed E-state index contributed by atoms with van der Waals surface area (Å²) in [6, 6.07) is 0. The first-order chi connectivity index (χ1) is 26.2. The first-order valence-electron chi connectivity index (χ1n) is 22.4. The molecule has 40 heavy (non-hydrogen) atoms. The summed E-state index contributed by atoms with van der Waals surface area (Å²) in [6.07, 6.45) is -17.6. The van der Waals surface area contributed by atoms with Gasteiger partial charge in [0.15, 0.2) is 25.2 Å². The van der Waals surface area contributed by atoms with Crippen LogP contribution >= 0.6 is 0 Å². The fraction of sp³-hybridized carbons (Fsp3) is 1.00. The molecule has 0 amide bonds. The zero-order valence-electron chi connectivity index (χ0n) is 42.1. The average Bonchev–Trinajstić information content (AvgIpc) is 3.75. The second-order valence-corrected chi connectivity index (χ2v) is 10.2. The van der Waals surface area contributed by atoms with E-state index < -0.39 is 137 Å². The number of hydrogen-bond donors (Lipinski definition) is 4. The number of rotatable bonds is 0. The van der Waals surface area contributed by atoms with Crippen LogP contribution in [0, 0.1) is 23.7 Å². The highest BCUT2D eigenvalue weighted by Crippen LogP contribution is 2.39. The molecule has 8 fully saturated rings. The first kappa shape index (κ1) is 14.5. The molecule has 0 aromatic heterocycles. The van der Waals surface area contributed by atoms with Gasteiger partial charge in [-0.25, -0.2) is 0 Å². The third-order valence-electron chi connectivity index (χ3n) is 6.63. The highest BCUT2D eigenvalue weighted by atomic mass is 16.7. The van der Waals surface area contributed by atoms with Crippen LogP contribution in [-0.2, 0) is 37.9 Å². The summed E-state index contributed by atoms with van der Waals surface area (Å²) >= 11 is 0. The van der Waals surface area contributed by atoms with Crippen molar-refractivity contribution in [2.75, 3.05) is 52.6 Å². The molecular weight excluding hydrogens is 528 g/mol. The van der Waals surface area contributed by atoms with E-state index in [0.29, 0.717) is 0 Å². The summed E-state index contributed by atoms with van der Waals surface area (Å²) in [5, 5.41) is 39.3. The molecule has 0 aromatic rings. The summed E-state index contributed by atoms with van der Waals surface area (Å²) < 4.78 is 194. The van der Waals surface area contributed by atoms with Gasteiger partial charge in [0.25, 0.3) is 0 Å². The zero-order chi connectivity index (χ0) is 46.7. The van der Waals surface area contributed by atoms with Crippen molar-refractivity contribution >= 4 is 0 Å². The minimum absolute atomic E-state index is 0. The molecule has 0 aliphatic carbocycles. The van der Waals surface area contributed by atoms with Crippen LogP contribution in [0.5, 0.6) is 0 Å². The van der Waals surface area contributed by atoms with Crippen LogP contribution in [0.15, 0.2) is 0 Å². The van der Waals surface area contributed by atoms with Gasteiger partial charge in [-0.2, -0.15) is 0 Å². The van der Waals surface area contributed by atoms with Gasteiger partial charge in [0.2, 0.25) is 0 Å². The molecule has 0 aromatic carbocycles. The van der Waals surface area contributed by atoms with Crippen LogP contribution < -0.4 is 0 Å². The standard InChI is InChI=1S/3C7H12O3.C6H10O3.CH4/c3*1-7(8)4-10-6-5(7)2-3-9-6;7-5-3-9-6-4(5)1-2-8-6;/h3*5-6,8H,2-4H2,1H3;4-7H,1-3H2;1H4/t3*5-,6-,7+;4-,5-,6+;/m1110./s1/i2D2,3D2,4D2;2*2D2,3D2;1D2,2D2,3D2,5D;. The van der Waals surface area contributed by atoms with E-state index in [-0.39, 0.29) is 20.6 Å². The monoisotopic (exact) mass is 599 g/mol. The Balaban J connectivity index is 0.000000178. The number of fused-ring (bicyclic) bond motifs is 4. The van der Waals surface area contributed by atoms with Gasteiger partial charge < -0.3 is 58.3 Å². The molecule has 234 valence electrons. The molecular formula is C28H50O12.